The van der Waals surface area contributed by atoms with Crippen LogP contribution in [0.2, 0.25) is 0 Å². The number of aromatic nitrogens is 2. The lowest BCUT2D eigenvalue weighted by atomic mass is 10.2. The molecule has 0 aliphatic carbocycles. The molecule has 0 spiro atoms. The van der Waals surface area contributed by atoms with E-state index in [0.717, 1.165) is 60.4 Å². The van der Waals surface area contributed by atoms with Crippen LogP contribution < -0.4 is 0 Å². The van der Waals surface area contributed by atoms with E-state index in [1.165, 1.54) is 0 Å². The number of thiazole rings is 1. The Balaban J connectivity index is 1.55. The van der Waals surface area contributed by atoms with E-state index < -0.39 is 0 Å². The second-order valence-electron chi connectivity index (χ2n) is 6.24. The number of hydrogen-bond donors (Lipinski definition) is 0. The molecule has 2 aromatic rings. The molecule has 0 unspecified atom stereocenters. The van der Waals surface area contributed by atoms with Gasteiger partial charge in [0.1, 0.15) is 0 Å². The van der Waals surface area contributed by atoms with Crippen molar-refractivity contribution in [3.63, 3.8) is 0 Å². The Labute approximate surface area is 147 Å². The first-order chi connectivity index (χ1) is 11.6. The predicted molar refractivity (Wildman–Crippen MR) is 96.0 cm³/mol. The number of amides is 1. The van der Waals surface area contributed by atoms with Crippen LogP contribution in [0.25, 0.3) is 0 Å². The van der Waals surface area contributed by atoms with Crippen LogP contribution >= 0.6 is 11.3 Å². The topological polar surface area (TPSA) is 49.3 Å². The molecule has 2 aromatic heterocycles. The molecule has 5 nitrogen and oxygen atoms in total. The maximum absolute atomic E-state index is 12.6. The van der Waals surface area contributed by atoms with Gasteiger partial charge in [0, 0.05) is 43.8 Å². The lowest BCUT2D eigenvalue weighted by Gasteiger charge is -2.21. The fraction of sp³-hybridized carbons (Fsp3) is 0.500. The molecule has 6 heteroatoms. The normalized spacial score (nSPS) is 16.2. The average molecular weight is 344 g/mol. The monoisotopic (exact) mass is 344 g/mol. The second-order valence-corrected chi connectivity index (χ2v) is 7.65. The Morgan fingerprint density at radius 2 is 2.08 bits per heavy atom. The zero-order chi connectivity index (χ0) is 16.9. The van der Waals surface area contributed by atoms with Gasteiger partial charge >= 0.3 is 0 Å². The number of aryl methyl sites for hydroxylation is 2. The number of pyridine rings is 1. The van der Waals surface area contributed by atoms with Crippen molar-refractivity contribution in [3.8, 4) is 0 Å². The van der Waals surface area contributed by atoms with E-state index in [-0.39, 0.29) is 5.91 Å². The first-order valence-corrected chi connectivity index (χ1v) is 9.26. The third kappa shape index (κ3) is 4.39. The molecule has 0 saturated carbocycles. The Morgan fingerprint density at radius 1 is 1.21 bits per heavy atom. The van der Waals surface area contributed by atoms with Crippen LogP contribution in [0.3, 0.4) is 0 Å². The van der Waals surface area contributed by atoms with E-state index in [0.29, 0.717) is 6.42 Å². The van der Waals surface area contributed by atoms with Gasteiger partial charge in [-0.2, -0.15) is 0 Å². The lowest BCUT2D eigenvalue weighted by Crippen LogP contribution is -2.36. The number of carbonyl (C=O) groups excluding carboxylic acids is 1. The molecule has 1 aliphatic heterocycles. The van der Waals surface area contributed by atoms with Crippen molar-refractivity contribution < 1.29 is 4.79 Å². The summed E-state index contributed by atoms with van der Waals surface area (Å²) in [5.41, 5.74) is 2.03. The van der Waals surface area contributed by atoms with Crippen molar-refractivity contribution in [2.45, 2.75) is 33.2 Å². The zero-order valence-corrected chi connectivity index (χ0v) is 15.2. The van der Waals surface area contributed by atoms with Crippen molar-refractivity contribution in [2.24, 2.45) is 0 Å². The van der Waals surface area contributed by atoms with Crippen molar-refractivity contribution in [3.05, 3.63) is 45.7 Å². The van der Waals surface area contributed by atoms with Gasteiger partial charge in [0.05, 0.1) is 22.8 Å². The Hall–Kier alpha value is -1.79. The molecule has 1 aliphatic rings. The summed E-state index contributed by atoms with van der Waals surface area (Å²) in [4.78, 5) is 27.0. The lowest BCUT2D eigenvalue weighted by molar-refractivity contribution is -0.130. The average Bonchev–Trinajstić information content (AvgIpc) is 2.76. The van der Waals surface area contributed by atoms with Crippen LogP contribution in [0.15, 0.2) is 24.4 Å². The molecule has 3 rings (SSSR count). The molecule has 1 fully saturated rings. The van der Waals surface area contributed by atoms with Gasteiger partial charge in [0.2, 0.25) is 5.91 Å². The largest absolute Gasteiger partial charge is 0.341 e. The van der Waals surface area contributed by atoms with Gasteiger partial charge in [0.25, 0.3) is 0 Å². The summed E-state index contributed by atoms with van der Waals surface area (Å²) < 4.78 is 0. The van der Waals surface area contributed by atoms with Gasteiger partial charge in [-0.1, -0.05) is 6.07 Å². The number of rotatable bonds is 4. The minimum absolute atomic E-state index is 0.197. The van der Waals surface area contributed by atoms with Gasteiger partial charge in [-0.25, -0.2) is 4.98 Å². The third-order valence-electron chi connectivity index (χ3n) is 4.37. The molecule has 0 aromatic carbocycles. The number of carbonyl (C=O) groups is 1. The van der Waals surface area contributed by atoms with Crippen LogP contribution in [-0.4, -0.2) is 51.9 Å². The molecule has 1 amide bonds. The minimum atomic E-state index is 0.197. The molecule has 0 bridgehead atoms. The fourth-order valence-corrected chi connectivity index (χ4v) is 3.92. The van der Waals surface area contributed by atoms with E-state index in [2.05, 4.69) is 20.9 Å². The molecule has 1 saturated heterocycles. The highest BCUT2D eigenvalue weighted by Gasteiger charge is 2.21. The summed E-state index contributed by atoms with van der Waals surface area (Å²) in [5, 5.41) is 1.03. The van der Waals surface area contributed by atoms with Gasteiger partial charge in [-0.3, -0.25) is 14.7 Å². The summed E-state index contributed by atoms with van der Waals surface area (Å²) >= 11 is 1.67. The third-order valence-corrected chi connectivity index (χ3v) is 5.30. The summed E-state index contributed by atoms with van der Waals surface area (Å²) in [6.45, 7) is 8.42. The van der Waals surface area contributed by atoms with Crippen molar-refractivity contribution in [1.29, 1.82) is 0 Å². The Morgan fingerprint density at radius 3 is 2.79 bits per heavy atom. The van der Waals surface area contributed by atoms with E-state index >= 15 is 0 Å². The zero-order valence-electron chi connectivity index (χ0n) is 14.4. The Bertz CT molecular complexity index is 686. The second kappa shape index (κ2) is 7.85. The highest BCUT2D eigenvalue weighted by Crippen LogP contribution is 2.18. The van der Waals surface area contributed by atoms with Crippen LogP contribution in [0.1, 0.15) is 27.7 Å². The van der Waals surface area contributed by atoms with Crippen molar-refractivity contribution in [2.75, 3.05) is 26.2 Å². The van der Waals surface area contributed by atoms with Crippen LogP contribution in [0.4, 0.5) is 0 Å². The standard InChI is InChI=1S/C18H24N4OS/c1-14-17(20-15(2)24-14)12-18(23)22-9-5-8-21(10-11-22)13-16-6-3-4-7-19-16/h3-4,6-7H,5,8-13H2,1-2H3. The Kier molecular flexibility index (Phi) is 5.58. The number of nitrogens with zero attached hydrogens (tertiary/aromatic N) is 4. The summed E-state index contributed by atoms with van der Waals surface area (Å²) in [6.07, 6.45) is 3.27. The highest BCUT2D eigenvalue weighted by molar-refractivity contribution is 7.11. The molecule has 128 valence electrons. The molecule has 24 heavy (non-hydrogen) atoms. The van der Waals surface area contributed by atoms with E-state index in [9.17, 15) is 4.79 Å². The molecule has 0 radical (unpaired) electrons. The maximum Gasteiger partial charge on any atom is 0.228 e. The smallest absolute Gasteiger partial charge is 0.228 e. The SMILES string of the molecule is Cc1nc(CC(=O)N2CCCN(Cc3ccccn3)CC2)c(C)s1. The number of hydrogen-bond acceptors (Lipinski definition) is 5. The van der Waals surface area contributed by atoms with Crippen LogP contribution in [0, 0.1) is 13.8 Å². The molecule has 0 N–H and O–H groups in total. The fourth-order valence-electron chi connectivity index (χ4n) is 3.09. The van der Waals surface area contributed by atoms with Crippen LogP contribution in [-0.2, 0) is 17.8 Å². The molecule has 3 heterocycles. The highest BCUT2D eigenvalue weighted by atomic mass is 32.1. The van der Waals surface area contributed by atoms with Gasteiger partial charge in [-0.05, 0) is 32.4 Å². The molecule has 0 atom stereocenters. The van der Waals surface area contributed by atoms with Crippen molar-refractivity contribution in [1.82, 2.24) is 19.8 Å². The molecular formula is C18H24N4OS. The summed E-state index contributed by atoms with van der Waals surface area (Å²) in [5.74, 6) is 0.197. The van der Waals surface area contributed by atoms with E-state index in [1.54, 1.807) is 11.3 Å². The first kappa shape index (κ1) is 17.0. The van der Waals surface area contributed by atoms with Crippen molar-refractivity contribution >= 4 is 17.2 Å². The first-order valence-electron chi connectivity index (χ1n) is 8.45. The maximum atomic E-state index is 12.6. The van der Waals surface area contributed by atoms with Gasteiger partial charge in [0.15, 0.2) is 0 Å². The van der Waals surface area contributed by atoms with E-state index in [4.69, 9.17) is 0 Å². The van der Waals surface area contributed by atoms with Gasteiger partial charge < -0.3 is 4.90 Å². The summed E-state index contributed by atoms with van der Waals surface area (Å²) in [6, 6.07) is 6.02. The minimum Gasteiger partial charge on any atom is -0.341 e. The summed E-state index contributed by atoms with van der Waals surface area (Å²) in [7, 11) is 0. The predicted octanol–water partition coefficient (Wildman–Crippen LogP) is 2.43. The van der Waals surface area contributed by atoms with Crippen LogP contribution in [0.5, 0.6) is 0 Å². The molecular weight excluding hydrogens is 320 g/mol. The van der Waals surface area contributed by atoms with E-state index in [1.807, 2.05) is 37.1 Å². The quantitative estimate of drug-likeness (QED) is 0.855. The van der Waals surface area contributed by atoms with Gasteiger partial charge in [-0.15, -0.1) is 11.3 Å².